The molecule has 174 valence electrons. The van der Waals surface area contributed by atoms with E-state index in [1.807, 2.05) is 42.8 Å². The summed E-state index contributed by atoms with van der Waals surface area (Å²) in [5.41, 5.74) is 5.10. The zero-order chi connectivity index (χ0) is 24.3. The van der Waals surface area contributed by atoms with E-state index in [2.05, 4.69) is 15.1 Å². The van der Waals surface area contributed by atoms with Crippen molar-refractivity contribution in [3.05, 3.63) is 107 Å². The number of benzene rings is 3. The highest BCUT2D eigenvalue weighted by molar-refractivity contribution is 7.92. The molecule has 0 aliphatic rings. The minimum Gasteiger partial charge on any atom is -0.322 e. The van der Waals surface area contributed by atoms with Crippen LogP contribution in [0.3, 0.4) is 0 Å². The van der Waals surface area contributed by atoms with Crippen LogP contribution in [0, 0.1) is 20.8 Å². The number of nitrogens with zero attached hydrogens (tertiary/aromatic N) is 2. The highest BCUT2D eigenvalue weighted by Gasteiger charge is 2.16. The second kappa shape index (κ2) is 9.52. The number of hydrogen-bond acceptors (Lipinski definition) is 4. The number of aryl methyl sites for hydroxylation is 3. The van der Waals surface area contributed by atoms with Crippen LogP contribution in [0.1, 0.15) is 32.9 Å². The third-order valence-electron chi connectivity index (χ3n) is 5.42. The van der Waals surface area contributed by atoms with Gasteiger partial charge in [0.25, 0.3) is 15.9 Å². The summed E-state index contributed by atoms with van der Waals surface area (Å²) in [6, 6.07) is 22.7. The lowest BCUT2D eigenvalue weighted by atomic mass is 10.1. The van der Waals surface area contributed by atoms with E-state index >= 15 is 0 Å². The van der Waals surface area contributed by atoms with E-state index in [0.717, 1.165) is 22.5 Å². The van der Waals surface area contributed by atoms with Crippen molar-refractivity contribution in [2.75, 3.05) is 10.0 Å². The molecule has 34 heavy (non-hydrogen) atoms. The van der Waals surface area contributed by atoms with Gasteiger partial charge in [0, 0.05) is 16.9 Å². The number of aromatic nitrogens is 2. The maximum absolute atomic E-state index is 12.9. The molecule has 7 nitrogen and oxygen atoms in total. The molecule has 3 aromatic carbocycles. The van der Waals surface area contributed by atoms with E-state index in [0.29, 0.717) is 23.5 Å². The van der Waals surface area contributed by atoms with Gasteiger partial charge in [-0.3, -0.25) is 14.2 Å². The van der Waals surface area contributed by atoms with Gasteiger partial charge in [-0.15, -0.1) is 0 Å². The van der Waals surface area contributed by atoms with Gasteiger partial charge in [0.05, 0.1) is 22.8 Å². The maximum atomic E-state index is 12.9. The van der Waals surface area contributed by atoms with Gasteiger partial charge < -0.3 is 5.32 Å². The molecule has 0 fully saturated rings. The normalized spacial score (nSPS) is 11.3. The van der Waals surface area contributed by atoms with Crippen LogP contribution in [0.2, 0.25) is 0 Å². The van der Waals surface area contributed by atoms with E-state index < -0.39 is 10.0 Å². The van der Waals surface area contributed by atoms with Gasteiger partial charge in [-0.1, -0.05) is 36.4 Å². The molecule has 0 saturated heterocycles. The van der Waals surface area contributed by atoms with Gasteiger partial charge in [0.1, 0.15) is 0 Å². The van der Waals surface area contributed by atoms with Crippen molar-refractivity contribution >= 4 is 27.3 Å². The Morgan fingerprint density at radius 2 is 1.68 bits per heavy atom. The first-order valence-electron chi connectivity index (χ1n) is 10.8. The molecular formula is C26H26N4O3S. The zero-order valence-corrected chi connectivity index (χ0v) is 20.1. The van der Waals surface area contributed by atoms with Crippen molar-refractivity contribution < 1.29 is 13.2 Å². The van der Waals surface area contributed by atoms with Crippen molar-refractivity contribution in [3.63, 3.8) is 0 Å². The first-order chi connectivity index (χ1) is 16.2. The van der Waals surface area contributed by atoms with E-state index in [9.17, 15) is 13.2 Å². The van der Waals surface area contributed by atoms with Crippen LogP contribution < -0.4 is 10.0 Å². The number of hydrogen-bond donors (Lipinski definition) is 2. The molecule has 1 heterocycles. The summed E-state index contributed by atoms with van der Waals surface area (Å²) < 4.78 is 29.9. The van der Waals surface area contributed by atoms with Crippen LogP contribution in [0.4, 0.5) is 11.4 Å². The fourth-order valence-electron chi connectivity index (χ4n) is 3.64. The number of amides is 1. The molecule has 0 unspecified atom stereocenters. The minimum absolute atomic E-state index is 0.170. The average Bonchev–Trinajstić information content (AvgIpc) is 3.13. The second-order valence-corrected chi connectivity index (χ2v) is 9.87. The van der Waals surface area contributed by atoms with E-state index in [-0.39, 0.29) is 10.8 Å². The highest BCUT2D eigenvalue weighted by Crippen LogP contribution is 2.24. The quantitative estimate of drug-likeness (QED) is 0.398. The van der Waals surface area contributed by atoms with Gasteiger partial charge in [0.15, 0.2) is 0 Å². The number of carbonyl (C=O) groups is 1. The Morgan fingerprint density at radius 1 is 0.912 bits per heavy atom. The summed E-state index contributed by atoms with van der Waals surface area (Å²) in [6.45, 7) is 6.31. The molecular weight excluding hydrogens is 448 g/mol. The Balaban J connectivity index is 1.51. The number of sulfonamides is 1. The highest BCUT2D eigenvalue weighted by atomic mass is 32.2. The van der Waals surface area contributed by atoms with Crippen LogP contribution in [0.15, 0.2) is 83.8 Å². The lowest BCUT2D eigenvalue weighted by Gasteiger charge is -2.13. The third kappa shape index (κ3) is 5.35. The van der Waals surface area contributed by atoms with Crippen molar-refractivity contribution in [1.29, 1.82) is 0 Å². The molecule has 4 rings (SSSR count). The molecule has 2 N–H and O–H groups in total. The van der Waals surface area contributed by atoms with Crippen LogP contribution in [-0.4, -0.2) is 24.1 Å². The predicted molar refractivity (Wildman–Crippen MR) is 134 cm³/mol. The summed E-state index contributed by atoms with van der Waals surface area (Å²) in [7, 11) is -3.74. The number of rotatable bonds is 7. The number of anilines is 2. The Morgan fingerprint density at radius 3 is 2.38 bits per heavy atom. The van der Waals surface area contributed by atoms with Gasteiger partial charge in [0.2, 0.25) is 0 Å². The van der Waals surface area contributed by atoms with Crippen molar-refractivity contribution in [2.24, 2.45) is 0 Å². The SMILES string of the molecule is Cc1cc(C)n(Cc2cccc(C(=O)Nc3ccc(C)c(NS(=O)(=O)c4ccccc4)c3)c2)n1. The molecule has 1 aromatic heterocycles. The maximum Gasteiger partial charge on any atom is 0.261 e. The molecule has 0 atom stereocenters. The van der Waals surface area contributed by atoms with Crippen LogP contribution in [0.5, 0.6) is 0 Å². The Hall–Kier alpha value is -3.91. The Kier molecular flexibility index (Phi) is 6.51. The summed E-state index contributed by atoms with van der Waals surface area (Å²) in [4.78, 5) is 13.1. The van der Waals surface area contributed by atoms with E-state index in [1.54, 1.807) is 49.4 Å². The standard InChI is InChI=1S/C26H26N4O3S/c1-18-12-13-23(16-25(18)29-34(32,33)24-10-5-4-6-11-24)27-26(31)22-9-7-8-21(15-22)17-30-20(3)14-19(2)28-30/h4-16,29H,17H2,1-3H3,(H,27,31). The molecule has 1 amide bonds. The van der Waals surface area contributed by atoms with Gasteiger partial charge in [-0.05, 0) is 74.4 Å². The van der Waals surface area contributed by atoms with E-state index in [4.69, 9.17) is 0 Å². The number of nitrogens with one attached hydrogen (secondary N) is 2. The first kappa shape index (κ1) is 23.3. The lowest BCUT2D eigenvalue weighted by Crippen LogP contribution is -2.15. The third-order valence-corrected chi connectivity index (χ3v) is 6.80. The first-order valence-corrected chi connectivity index (χ1v) is 12.3. The van der Waals surface area contributed by atoms with Gasteiger partial charge in [-0.2, -0.15) is 5.10 Å². The van der Waals surface area contributed by atoms with Crippen molar-refractivity contribution in [1.82, 2.24) is 9.78 Å². The predicted octanol–water partition coefficient (Wildman–Crippen LogP) is 4.91. The summed E-state index contributed by atoms with van der Waals surface area (Å²) in [5, 5.41) is 7.34. The fourth-order valence-corrected chi connectivity index (χ4v) is 4.78. The molecule has 0 bridgehead atoms. The molecule has 0 saturated carbocycles. The smallest absolute Gasteiger partial charge is 0.261 e. The Labute approximate surface area is 199 Å². The molecule has 0 aliphatic carbocycles. The second-order valence-electron chi connectivity index (χ2n) is 8.19. The average molecular weight is 475 g/mol. The van der Waals surface area contributed by atoms with E-state index in [1.165, 1.54) is 12.1 Å². The van der Waals surface area contributed by atoms with Gasteiger partial charge in [-0.25, -0.2) is 8.42 Å². The fraction of sp³-hybridized carbons (Fsp3) is 0.154. The molecule has 8 heteroatoms. The Bertz CT molecular complexity index is 1440. The molecule has 0 radical (unpaired) electrons. The van der Waals surface area contributed by atoms with Crippen LogP contribution >= 0.6 is 0 Å². The van der Waals surface area contributed by atoms with Crippen molar-refractivity contribution in [3.8, 4) is 0 Å². The topological polar surface area (TPSA) is 93.1 Å². The van der Waals surface area contributed by atoms with Gasteiger partial charge >= 0.3 is 0 Å². The van der Waals surface area contributed by atoms with Crippen molar-refractivity contribution in [2.45, 2.75) is 32.2 Å². The summed E-state index contributed by atoms with van der Waals surface area (Å²) >= 11 is 0. The molecule has 4 aromatic rings. The van der Waals surface area contributed by atoms with Crippen LogP contribution in [-0.2, 0) is 16.6 Å². The monoisotopic (exact) mass is 474 g/mol. The molecule has 0 spiro atoms. The lowest BCUT2D eigenvalue weighted by molar-refractivity contribution is 0.102. The zero-order valence-electron chi connectivity index (χ0n) is 19.2. The summed E-state index contributed by atoms with van der Waals surface area (Å²) in [6.07, 6.45) is 0. The minimum atomic E-state index is -3.74. The number of carbonyl (C=O) groups excluding carboxylic acids is 1. The summed E-state index contributed by atoms with van der Waals surface area (Å²) in [5.74, 6) is -0.282. The molecule has 0 aliphatic heterocycles. The largest absolute Gasteiger partial charge is 0.322 e. The van der Waals surface area contributed by atoms with Crippen LogP contribution in [0.25, 0.3) is 0 Å².